The molecule has 4 heteroatoms. The molecule has 0 spiro atoms. The summed E-state index contributed by atoms with van der Waals surface area (Å²) in [6.07, 6.45) is 0. The van der Waals surface area contributed by atoms with E-state index in [0.717, 1.165) is 0 Å². The molecule has 1 heterocycles. The standard InChI is InChI=1S/O3.Ti/c1-2-3-1;/q;+4. The normalized spacial score (nSPS) is 6.00. The summed E-state index contributed by atoms with van der Waals surface area (Å²) in [6, 6.07) is 0. The summed E-state index contributed by atoms with van der Waals surface area (Å²) in [6.45, 7) is 0. The third-order valence-corrected chi connectivity index (χ3v) is 0.0680. The van der Waals surface area contributed by atoms with E-state index in [2.05, 4.69) is 14.2 Å². The van der Waals surface area contributed by atoms with Crippen LogP contribution in [-0.4, -0.2) is 0 Å². The molecule has 0 radical (unpaired) electrons. The molecule has 0 N–H and O–H groups in total. The molecule has 0 aliphatic carbocycles. The van der Waals surface area contributed by atoms with Gasteiger partial charge < -0.3 is 0 Å². The van der Waals surface area contributed by atoms with Crippen molar-refractivity contribution in [2.24, 2.45) is 0 Å². The second-order valence-electron chi connectivity index (χ2n) is 0.204. The Morgan fingerprint density at radius 1 is 0.750 bits per heavy atom. The van der Waals surface area contributed by atoms with Crippen LogP contribution in [0.1, 0.15) is 0 Å². The van der Waals surface area contributed by atoms with E-state index in [1.54, 1.807) is 0 Å². The van der Waals surface area contributed by atoms with Crippen molar-refractivity contribution in [2.75, 3.05) is 0 Å². The zero-order chi connectivity index (χ0) is 2.12. The van der Waals surface area contributed by atoms with Crippen LogP contribution in [-0.2, 0) is 21.7 Å². The van der Waals surface area contributed by atoms with Crippen molar-refractivity contribution in [2.45, 2.75) is 0 Å². The van der Waals surface area contributed by atoms with E-state index in [4.69, 9.17) is 0 Å². The molecule has 3 nitrogen and oxygen atoms in total. The minimum absolute atomic E-state index is 0. The minimum atomic E-state index is 0. The summed E-state index contributed by atoms with van der Waals surface area (Å²) in [4.78, 5) is 0. The fourth-order valence-electron chi connectivity index (χ4n) is 0. The molecule has 18 valence electrons. The molecular weight excluding hydrogens is 95.9 g/mol. The maximum atomic E-state index is 3.50. The number of hydrogen-bond donors (Lipinski definition) is 0. The first-order valence-corrected chi connectivity index (χ1v) is 0.500. The molecule has 1 aromatic rings. The van der Waals surface area contributed by atoms with Gasteiger partial charge in [0.25, 0.3) is 0 Å². The summed E-state index contributed by atoms with van der Waals surface area (Å²) >= 11 is 0. The zero-order valence-electron chi connectivity index (χ0n) is 1.72. The van der Waals surface area contributed by atoms with Crippen LogP contribution >= 0.6 is 0 Å². The van der Waals surface area contributed by atoms with Crippen molar-refractivity contribution in [3.63, 3.8) is 0 Å². The first kappa shape index (κ1) is 4.11. The topological polar surface area (TPSA) is 39.4 Å². The van der Waals surface area contributed by atoms with Crippen LogP contribution < -0.4 is 0 Å². The Morgan fingerprint density at radius 2 is 1.00 bits per heavy atom. The van der Waals surface area contributed by atoms with Gasteiger partial charge in [0.15, 0.2) is 0 Å². The fraction of sp³-hybridized carbons (Fsp3) is 0. The second-order valence-corrected chi connectivity index (χ2v) is 0.204. The van der Waals surface area contributed by atoms with Crippen LogP contribution in [0.15, 0.2) is 14.2 Å². The molecule has 0 unspecified atom stereocenters. The van der Waals surface area contributed by atoms with Gasteiger partial charge in [-0.1, -0.05) is 0 Å². The van der Waals surface area contributed by atoms with Gasteiger partial charge in [0.1, 0.15) is 0 Å². The Balaban J connectivity index is 0.0000000900. The number of rotatable bonds is 0. The Labute approximate surface area is 36.6 Å². The third kappa shape index (κ3) is 2.11. The molecule has 0 atom stereocenters. The van der Waals surface area contributed by atoms with Crippen LogP contribution in [0.3, 0.4) is 0 Å². The first-order valence-electron chi connectivity index (χ1n) is 0.500. The summed E-state index contributed by atoms with van der Waals surface area (Å²) in [5.74, 6) is 0. The SMILES string of the molecule is [Ti+4].o1oo1. The second kappa shape index (κ2) is 1.44. The Kier molecular flexibility index (Phi) is 1.48. The van der Waals surface area contributed by atoms with Gasteiger partial charge in [0.05, 0.1) is 0 Å². The molecule has 0 amide bonds. The van der Waals surface area contributed by atoms with Crippen LogP contribution in [0.2, 0.25) is 0 Å². The zero-order valence-corrected chi connectivity index (χ0v) is 3.29. The van der Waals surface area contributed by atoms with E-state index in [-0.39, 0.29) is 21.7 Å². The smallest absolute Gasteiger partial charge is 0 e. The minimum Gasteiger partial charge on any atom is 0 e. The summed E-state index contributed by atoms with van der Waals surface area (Å²) < 4.78 is 10.5. The van der Waals surface area contributed by atoms with Gasteiger partial charge in [-0.25, -0.2) is 0 Å². The molecule has 4 heavy (non-hydrogen) atoms. The van der Waals surface area contributed by atoms with E-state index >= 15 is 0 Å². The summed E-state index contributed by atoms with van der Waals surface area (Å²) in [7, 11) is 0. The summed E-state index contributed by atoms with van der Waals surface area (Å²) in [5.41, 5.74) is 0. The maximum Gasteiger partial charge on any atom is 4.00 e. The molecule has 0 aromatic carbocycles. The van der Waals surface area contributed by atoms with Gasteiger partial charge in [0, 0.05) is 14.2 Å². The van der Waals surface area contributed by atoms with Crippen LogP contribution in [0.5, 0.6) is 0 Å². The molecule has 0 saturated heterocycles. The Hall–Kier alpha value is 0.114. The molecule has 0 bridgehead atoms. The molecule has 1 aromatic heterocycles. The first-order chi connectivity index (χ1) is 1.50. The van der Waals surface area contributed by atoms with Gasteiger partial charge in [-0.3, -0.25) is 0 Å². The van der Waals surface area contributed by atoms with Crippen molar-refractivity contribution in [3.8, 4) is 0 Å². The van der Waals surface area contributed by atoms with Gasteiger partial charge >= 0.3 is 21.7 Å². The Morgan fingerprint density at radius 3 is 1.00 bits per heavy atom. The van der Waals surface area contributed by atoms with Gasteiger partial charge in [0.2, 0.25) is 0 Å². The van der Waals surface area contributed by atoms with Crippen molar-refractivity contribution >= 4 is 0 Å². The molecule has 0 aliphatic heterocycles. The van der Waals surface area contributed by atoms with Crippen LogP contribution in [0.4, 0.5) is 0 Å². The molecular formula is O3Ti+4. The predicted octanol–water partition coefficient (Wildman–Crippen LogP) is 0.463. The average molecular weight is 95.9 g/mol. The molecule has 0 saturated carbocycles. The molecule has 1 rings (SSSR count). The monoisotopic (exact) mass is 95.9 g/mol. The molecule has 0 aliphatic rings. The van der Waals surface area contributed by atoms with Crippen LogP contribution in [0.25, 0.3) is 0 Å². The number of hydrogen-bond acceptors (Lipinski definition) is 3. The largest absolute Gasteiger partial charge is 4.00 e. The maximum absolute atomic E-state index is 3.50. The van der Waals surface area contributed by atoms with Gasteiger partial charge in [-0.05, 0) is 0 Å². The average Bonchev–Trinajstić information content (AvgIpc) is 1.46. The Bertz CT molecular complexity index is 31.4. The predicted molar refractivity (Wildman–Crippen MR) is 3.24 cm³/mol. The van der Waals surface area contributed by atoms with E-state index in [1.807, 2.05) is 0 Å². The van der Waals surface area contributed by atoms with Crippen molar-refractivity contribution in [1.82, 2.24) is 0 Å². The van der Waals surface area contributed by atoms with Gasteiger partial charge in [-0.15, -0.1) is 0 Å². The van der Waals surface area contributed by atoms with Crippen molar-refractivity contribution in [1.29, 1.82) is 0 Å². The van der Waals surface area contributed by atoms with E-state index in [0.29, 0.717) is 0 Å². The fourth-order valence-corrected chi connectivity index (χ4v) is 0. The van der Waals surface area contributed by atoms with Crippen LogP contribution in [0, 0.1) is 0 Å². The van der Waals surface area contributed by atoms with Crippen molar-refractivity contribution in [3.05, 3.63) is 0 Å². The van der Waals surface area contributed by atoms with Gasteiger partial charge in [-0.2, -0.15) is 0 Å². The van der Waals surface area contributed by atoms with E-state index in [9.17, 15) is 0 Å². The molecule has 0 fully saturated rings. The van der Waals surface area contributed by atoms with E-state index in [1.165, 1.54) is 0 Å². The third-order valence-electron chi connectivity index (χ3n) is 0.0680. The van der Waals surface area contributed by atoms with E-state index < -0.39 is 0 Å². The summed E-state index contributed by atoms with van der Waals surface area (Å²) in [5, 5.41) is 0. The quantitative estimate of drug-likeness (QED) is 0.348. The van der Waals surface area contributed by atoms with Crippen molar-refractivity contribution < 1.29 is 35.9 Å².